The molecule has 8 atom stereocenters. The van der Waals surface area contributed by atoms with Gasteiger partial charge in [-0.2, -0.15) is 0 Å². The Bertz CT molecular complexity index is 781. The van der Waals surface area contributed by atoms with Gasteiger partial charge in [-0.15, -0.1) is 0 Å². The second kappa shape index (κ2) is 8.60. The van der Waals surface area contributed by atoms with E-state index < -0.39 is 11.9 Å². The summed E-state index contributed by atoms with van der Waals surface area (Å²) in [6, 6.07) is 0. The molecule has 4 saturated heterocycles. The van der Waals surface area contributed by atoms with E-state index >= 15 is 0 Å². The minimum atomic E-state index is -0.429. The summed E-state index contributed by atoms with van der Waals surface area (Å²) in [5, 5.41) is 16.5. The van der Waals surface area contributed by atoms with Crippen molar-refractivity contribution < 1.29 is 43.6 Å². The predicted molar refractivity (Wildman–Crippen MR) is 101 cm³/mol. The summed E-state index contributed by atoms with van der Waals surface area (Å²) < 4.78 is 15.3. The Morgan fingerprint density at radius 2 is 1.13 bits per heavy atom. The van der Waals surface area contributed by atoms with Crippen LogP contribution in [0.15, 0.2) is 24.3 Å². The second-order valence-electron chi connectivity index (χ2n) is 7.81. The molecule has 8 unspecified atom stereocenters. The van der Waals surface area contributed by atoms with Crippen LogP contribution in [0.5, 0.6) is 0 Å². The fraction of sp³-hybridized carbons (Fsp3) is 0.600. The van der Waals surface area contributed by atoms with E-state index in [2.05, 4.69) is 4.74 Å². The van der Waals surface area contributed by atoms with Crippen molar-refractivity contribution in [3.8, 4) is 0 Å². The lowest BCUT2D eigenvalue weighted by atomic mass is 9.85. The van der Waals surface area contributed by atoms with Gasteiger partial charge in [-0.3, -0.25) is 24.1 Å². The molecule has 4 bridgehead atoms. The molecular formula is C20H24N2O9. The summed E-state index contributed by atoms with van der Waals surface area (Å²) >= 11 is 0. The van der Waals surface area contributed by atoms with Crippen LogP contribution in [0.3, 0.4) is 0 Å². The van der Waals surface area contributed by atoms with Crippen molar-refractivity contribution >= 4 is 23.8 Å². The van der Waals surface area contributed by atoms with E-state index in [0.717, 1.165) is 4.90 Å². The topological polar surface area (TPSA) is 166 Å². The number of fused-ring (bicyclic) bond motifs is 10. The average molecular weight is 436 g/mol. The number of nitrogens with zero attached hydrogens (tertiary/aromatic N) is 1. The molecule has 11 nitrogen and oxygen atoms in total. The van der Waals surface area contributed by atoms with Gasteiger partial charge in [0.2, 0.25) is 11.8 Å². The van der Waals surface area contributed by atoms with Gasteiger partial charge in [0.15, 0.2) is 0 Å². The first-order valence-electron chi connectivity index (χ1n) is 10.1. The quantitative estimate of drug-likeness (QED) is 0.186. The Labute approximate surface area is 177 Å². The summed E-state index contributed by atoms with van der Waals surface area (Å²) in [7, 11) is 0. The molecule has 31 heavy (non-hydrogen) atoms. The fourth-order valence-corrected chi connectivity index (χ4v) is 4.79. The molecule has 2 amide bonds. The van der Waals surface area contributed by atoms with Crippen LogP contribution in [-0.2, 0) is 33.4 Å². The number of ether oxygens (including phenoxy) is 3. The lowest BCUT2D eigenvalue weighted by Gasteiger charge is -2.15. The molecule has 6 aliphatic heterocycles. The molecule has 0 aromatic rings. The highest BCUT2D eigenvalue weighted by Crippen LogP contribution is 2.45. The number of β-amino-alcohol motifs (C(OH)–C–C–N with tert-alkyl or cyclic N) is 1. The molecule has 0 aromatic heterocycles. The Balaban J connectivity index is 0.000000130. The number of hydrogen-bond acceptors (Lipinski definition) is 10. The van der Waals surface area contributed by atoms with Crippen LogP contribution in [0, 0.1) is 23.7 Å². The Kier molecular flexibility index (Phi) is 6.04. The zero-order valence-corrected chi connectivity index (χ0v) is 16.5. The number of aliphatic hydroxyl groups is 2. The van der Waals surface area contributed by atoms with E-state index in [4.69, 9.17) is 25.4 Å². The van der Waals surface area contributed by atoms with Crippen molar-refractivity contribution in [2.24, 2.45) is 29.4 Å². The SMILES string of the molecule is NCCO.O=C1C2C3C=CC(O3)C2C(=O)N1CCO.O=C1OC(=O)C2C3C=CC(O3)C12. The van der Waals surface area contributed by atoms with Crippen molar-refractivity contribution in [1.29, 1.82) is 0 Å². The summed E-state index contributed by atoms with van der Waals surface area (Å²) in [4.78, 5) is 47.1. The average Bonchev–Trinajstić information content (AvgIpc) is 3.59. The predicted octanol–water partition coefficient (Wildman–Crippen LogP) is -2.51. The Hall–Kier alpha value is -2.44. The molecule has 6 heterocycles. The number of aliphatic hydroxyl groups excluding tert-OH is 2. The first-order chi connectivity index (χ1) is 14.9. The molecule has 6 aliphatic rings. The van der Waals surface area contributed by atoms with Crippen LogP contribution >= 0.6 is 0 Å². The third kappa shape index (κ3) is 3.52. The van der Waals surface area contributed by atoms with Crippen LogP contribution in [0.4, 0.5) is 0 Å². The number of likely N-dealkylation sites (tertiary alicyclic amines) is 1. The number of amides is 2. The summed E-state index contributed by atoms with van der Waals surface area (Å²) in [5.41, 5.74) is 4.78. The molecule has 0 spiro atoms. The van der Waals surface area contributed by atoms with Gasteiger partial charge in [-0.05, 0) is 0 Å². The maximum absolute atomic E-state index is 11.9. The van der Waals surface area contributed by atoms with Crippen molar-refractivity contribution in [2.45, 2.75) is 24.4 Å². The lowest BCUT2D eigenvalue weighted by molar-refractivity contribution is -0.156. The minimum absolute atomic E-state index is 0.0972. The third-order valence-electron chi connectivity index (χ3n) is 6.10. The molecule has 168 valence electrons. The minimum Gasteiger partial charge on any atom is -0.395 e. The number of nitrogens with two attached hydrogens (primary N) is 1. The van der Waals surface area contributed by atoms with Crippen molar-refractivity contribution in [3.63, 3.8) is 0 Å². The highest BCUT2D eigenvalue weighted by Gasteiger charge is 2.61. The van der Waals surface area contributed by atoms with Crippen LogP contribution in [0.25, 0.3) is 0 Å². The normalized spacial score (nSPS) is 39.9. The molecule has 11 heteroatoms. The second-order valence-corrected chi connectivity index (χ2v) is 7.81. The first-order valence-corrected chi connectivity index (χ1v) is 10.1. The molecule has 4 fully saturated rings. The monoisotopic (exact) mass is 436 g/mol. The zero-order chi connectivity index (χ0) is 22.3. The number of esters is 2. The largest absolute Gasteiger partial charge is 0.395 e. The number of cyclic esters (lactones) is 2. The van der Waals surface area contributed by atoms with Crippen molar-refractivity contribution in [1.82, 2.24) is 4.90 Å². The summed E-state index contributed by atoms with van der Waals surface area (Å²) in [5.74, 6) is -2.69. The van der Waals surface area contributed by atoms with E-state index in [1.807, 2.05) is 24.3 Å². The number of carbonyl (C=O) groups is 4. The smallest absolute Gasteiger partial charge is 0.320 e. The van der Waals surface area contributed by atoms with E-state index in [-0.39, 0.29) is 79.7 Å². The van der Waals surface area contributed by atoms with Crippen LogP contribution < -0.4 is 5.73 Å². The molecule has 0 aromatic carbocycles. The molecule has 6 rings (SSSR count). The van der Waals surface area contributed by atoms with Gasteiger partial charge < -0.3 is 30.2 Å². The van der Waals surface area contributed by atoms with Gasteiger partial charge in [-0.1, -0.05) is 24.3 Å². The first kappa shape index (κ1) is 21.8. The van der Waals surface area contributed by atoms with Crippen molar-refractivity contribution in [3.05, 3.63) is 24.3 Å². The third-order valence-corrected chi connectivity index (χ3v) is 6.10. The van der Waals surface area contributed by atoms with Crippen LogP contribution in [0.2, 0.25) is 0 Å². The Morgan fingerprint density at radius 1 is 0.742 bits per heavy atom. The number of hydrogen-bond donors (Lipinski definition) is 3. The molecule has 0 radical (unpaired) electrons. The van der Waals surface area contributed by atoms with E-state index in [1.54, 1.807) is 0 Å². The van der Waals surface area contributed by atoms with Gasteiger partial charge in [0, 0.05) is 6.54 Å². The molecular weight excluding hydrogens is 412 g/mol. The number of imide groups is 1. The molecule has 0 aliphatic carbocycles. The summed E-state index contributed by atoms with van der Waals surface area (Å²) in [6.45, 7) is 0.393. The molecule has 4 N–H and O–H groups in total. The van der Waals surface area contributed by atoms with Gasteiger partial charge >= 0.3 is 11.9 Å². The van der Waals surface area contributed by atoms with Gasteiger partial charge in [-0.25, -0.2) is 0 Å². The van der Waals surface area contributed by atoms with Crippen LogP contribution in [-0.4, -0.2) is 89.6 Å². The van der Waals surface area contributed by atoms with Crippen LogP contribution in [0.1, 0.15) is 0 Å². The number of carbonyl (C=O) groups excluding carboxylic acids is 4. The molecule has 0 saturated carbocycles. The highest BCUT2D eigenvalue weighted by atomic mass is 16.6. The standard InChI is InChI=1S/C10H11NO4.C8H6O4.C2H7NO/c12-4-3-11-9(13)7-5-1-2-6(15-5)8(7)10(11)14;9-7-5-3-1-2-4(11-3)6(5)8(10)12-7;3-1-2-4/h1-2,5-8,12H,3-4H2;1-6H;4H,1-3H2. The zero-order valence-electron chi connectivity index (χ0n) is 16.5. The van der Waals surface area contributed by atoms with Crippen molar-refractivity contribution in [2.75, 3.05) is 26.3 Å². The van der Waals surface area contributed by atoms with Gasteiger partial charge in [0.05, 0.1) is 56.0 Å². The Morgan fingerprint density at radius 3 is 1.48 bits per heavy atom. The van der Waals surface area contributed by atoms with Gasteiger partial charge in [0.1, 0.15) is 11.8 Å². The fourth-order valence-electron chi connectivity index (χ4n) is 4.79. The highest BCUT2D eigenvalue weighted by molar-refractivity contribution is 6.06. The van der Waals surface area contributed by atoms with E-state index in [0.29, 0.717) is 6.54 Å². The maximum atomic E-state index is 11.9. The maximum Gasteiger partial charge on any atom is 0.320 e. The van der Waals surface area contributed by atoms with E-state index in [1.165, 1.54) is 0 Å². The summed E-state index contributed by atoms with van der Waals surface area (Å²) in [6.07, 6.45) is 6.43. The number of rotatable bonds is 3. The lowest BCUT2D eigenvalue weighted by Crippen LogP contribution is -2.36. The van der Waals surface area contributed by atoms with E-state index in [9.17, 15) is 19.2 Å². The van der Waals surface area contributed by atoms with Gasteiger partial charge in [0.25, 0.3) is 0 Å².